The highest BCUT2D eigenvalue weighted by molar-refractivity contribution is 8.00. The summed E-state index contributed by atoms with van der Waals surface area (Å²) in [6, 6.07) is 5.98. The Morgan fingerprint density at radius 1 is 1.40 bits per heavy atom. The van der Waals surface area contributed by atoms with E-state index in [9.17, 15) is 0 Å². The maximum atomic E-state index is 4.55. The Hall–Kier alpha value is -1.86. The number of rotatable bonds is 6. The number of imidazole rings is 1. The fourth-order valence-electron chi connectivity index (χ4n) is 1.69. The Balaban J connectivity index is 1.63. The average molecular weight is 303 g/mol. The second-order valence-corrected chi connectivity index (χ2v) is 6.23. The van der Waals surface area contributed by atoms with E-state index in [2.05, 4.69) is 27.1 Å². The fourth-order valence-corrected chi connectivity index (χ4v) is 3.33. The van der Waals surface area contributed by atoms with Crippen molar-refractivity contribution in [3.63, 3.8) is 0 Å². The van der Waals surface area contributed by atoms with Crippen molar-refractivity contribution in [3.05, 3.63) is 48.9 Å². The summed E-state index contributed by atoms with van der Waals surface area (Å²) in [7, 11) is 0. The van der Waals surface area contributed by atoms with E-state index in [1.807, 2.05) is 35.0 Å². The molecule has 3 aromatic heterocycles. The molecule has 0 amide bonds. The van der Waals surface area contributed by atoms with Gasteiger partial charge in [0.15, 0.2) is 4.34 Å². The Morgan fingerprint density at radius 2 is 2.35 bits per heavy atom. The van der Waals surface area contributed by atoms with E-state index in [1.54, 1.807) is 29.2 Å². The number of aromatic nitrogens is 4. The molecule has 1 N–H and O–H groups in total. The van der Waals surface area contributed by atoms with Crippen molar-refractivity contribution >= 4 is 33.9 Å². The van der Waals surface area contributed by atoms with Crippen LogP contribution in [0, 0.1) is 0 Å². The SMILES string of the molecule is C=CCNc1nnc(SCc2cn3ccccc3n2)s1. The lowest BCUT2D eigenvalue weighted by molar-refractivity contribution is 1.01. The van der Waals surface area contributed by atoms with Gasteiger partial charge in [0.1, 0.15) is 5.65 Å². The summed E-state index contributed by atoms with van der Waals surface area (Å²) in [5.74, 6) is 0.789. The second kappa shape index (κ2) is 6.06. The molecule has 0 aromatic carbocycles. The van der Waals surface area contributed by atoms with Gasteiger partial charge in [-0.25, -0.2) is 4.98 Å². The number of hydrogen-bond donors (Lipinski definition) is 1. The second-order valence-electron chi connectivity index (χ2n) is 4.03. The Kier molecular flexibility index (Phi) is 3.98. The number of fused-ring (bicyclic) bond motifs is 1. The largest absolute Gasteiger partial charge is 0.357 e. The minimum atomic E-state index is 0.700. The van der Waals surface area contributed by atoms with Crippen LogP contribution >= 0.6 is 23.1 Å². The van der Waals surface area contributed by atoms with E-state index in [1.165, 1.54) is 0 Å². The van der Waals surface area contributed by atoms with Gasteiger partial charge < -0.3 is 9.72 Å². The predicted octanol–water partition coefficient (Wildman–Crippen LogP) is 3.08. The molecule has 0 unspecified atom stereocenters. The third kappa shape index (κ3) is 3.00. The normalized spacial score (nSPS) is 10.8. The van der Waals surface area contributed by atoms with Gasteiger partial charge in [-0.05, 0) is 12.1 Å². The van der Waals surface area contributed by atoms with Gasteiger partial charge in [0.05, 0.1) is 5.69 Å². The zero-order valence-corrected chi connectivity index (χ0v) is 12.3. The minimum absolute atomic E-state index is 0.700. The molecule has 0 bridgehead atoms. The summed E-state index contributed by atoms with van der Waals surface area (Å²) in [6.07, 6.45) is 5.84. The molecule has 0 aliphatic rings. The number of pyridine rings is 1. The van der Waals surface area contributed by atoms with Crippen LogP contribution in [0.2, 0.25) is 0 Å². The van der Waals surface area contributed by atoms with Crippen LogP contribution in [-0.4, -0.2) is 26.1 Å². The van der Waals surface area contributed by atoms with Gasteiger partial charge in [-0.1, -0.05) is 35.2 Å². The lowest BCUT2D eigenvalue weighted by atomic mass is 10.5. The van der Waals surface area contributed by atoms with Gasteiger partial charge in [0.25, 0.3) is 0 Å². The number of nitrogens with zero attached hydrogens (tertiary/aromatic N) is 4. The van der Waals surface area contributed by atoms with Gasteiger partial charge >= 0.3 is 0 Å². The quantitative estimate of drug-likeness (QED) is 0.560. The van der Waals surface area contributed by atoms with Gasteiger partial charge in [0.2, 0.25) is 5.13 Å². The molecule has 3 rings (SSSR count). The van der Waals surface area contributed by atoms with E-state index in [0.29, 0.717) is 6.54 Å². The monoisotopic (exact) mass is 303 g/mol. The van der Waals surface area contributed by atoms with E-state index >= 15 is 0 Å². The average Bonchev–Trinajstić information content (AvgIpc) is 3.09. The van der Waals surface area contributed by atoms with Crippen LogP contribution in [0.15, 0.2) is 47.6 Å². The highest BCUT2D eigenvalue weighted by atomic mass is 32.2. The molecule has 20 heavy (non-hydrogen) atoms. The van der Waals surface area contributed by atoms with Gasteiger partial charge in [-0.3, -0.25) is 0 Å². The van der Waals surface area contributed by atoms with E-state index in [-0.39, 0.29) is 0 Å². The Labute approximate surface area is 124 Å². The first-order valence-corrected chi connectivity index (χ1v) is 7.89. The standard InChI is InChI=1S/C13H13N5S2/c1-2-6-14-12-16-17-13(20-12)19-9-10-8-18-7-4-3-5-11(18)15-10/h2-5,7-8H,1,6,9H2,(H,14,16). The van der Waals surface area contributed by atoms with Crippen molar-refractivity contribution in [1.82, 2.24) is 19.6 Å². The van der Waals surface area contributed by atoms with E-state index in [4.69, 9.17) is 0 Å². The smallest absolute Gasteiger partial charge is 0.206 e. The van der Waals surface area contributed by atoms with E-state index < -0.39 is 0 Å². The molecule has 102 valence electrons. The van der Waals surface area contributed by atoms with Crippen molar-refractivity contribution < 1.29 is 0 Å². The maximum absolute atomic E-state index is 4.55. The lowest BCUT2D eigenvalue weighted by Gasteiger charge is -1.93. The topological polar surface area (TPSA) is 55.1 Å². The number of anilines is 1. The maximum Gasteiger partial charge on any atom is 0.206 e. The van der Waals surface area contributed by atoms with Crippen molar-refractivity contribution in [1.29, 1.82) is 0 Å². The molecule has 0 radical (unpaired) electrons. The molecule has 0 saturated heterocycles. The van der Waals surface area contributed by atoms with Crippen molar-refractivity contribution in [3.8, 4) is 0 Å². The first kappa shape index (κ1) is 13.1. The molecule has 0 aliphatic heterocycles. The summed E-state index contributed by atoms with van der Waals surface area (Å²) in [5, 5.41) is 12.2. The molecule has 3 heterocycles. The lowest BCUT2D eigenvalue weighted by Crippen LogP contribution is -1.96. The van der Waals surface area contributed by atoms with Crippen LogP contribution in [0.5, 0.6) is 0 Å². The van der Waals surface area contributed by atoms with Crippen molar-refractivity contribution in [2.45, 2.75) is 10.1 Å². The summed E-state index contributed by atoms with van der Waals surface area (Å²) in [6.45, 7) is 4.36. The van der Waals surface area contributed by atoms with Crippen LogP contribution < -0.4 is 5.32 Å². The van der Waals surface area contributed by atoms with Crippen LogP contribution in [-0.2, 0) is 5.75 Å². The van der Waals surface area contributed by atoms with Crippen molar-refractivity contribution in [2.24, 2.45) is 0 Å². The van der Waals surface area contributed by atoms with Crippen molar-refractivity contribution in [2.75, 3.05) is 11.9 Å². The molecule has 0 spiro atoms. The number of nitrogens with one attached hydrogen (secondary N) is 1. The zero-order valence-electron chi connectivity index (χ0n) is 10.7. The number of thioether (sulfide) groups is 1. The predicted molar refractivity (Wildman–Crippen MR) is 83.3 cm³/mol. The molecule has 0 fully saturated rings. The first-order chi connectivity index (χ1) is 9.85. The summed E-state index contributed by atoms with van der Waals surface area (Å²) >= 11 is 3.19. The molecular formula is C13H13N5S2. The van der Waals surface area contributed by atoms with Crippen LogP contribution in [0.4, 0.5) is 5.13 Å². The molecule has 3 aromatic rings. The first-order valence-electron chi connectivity index (χ1n) is 6.09. The molecule has 5 nitrogen and oxygen atoms in total. The third-order valence-corrected chi connectivity index (χ3v) is 4.61. The summed E-state index contributed by atoms with van der Waals surface area (Å²) in [5.41, 5.74) is 2.01. The Morgan fingerprint density at radius 3 is 3.20 bits per heavy atom. The minimum Gasteiger partial charge on any atom is -0.357 e. The van der Waals surface area contributed by atoms with Crippen LogP contribution in [0.25, 0.3) is 5.65 Å². The molecule has 0 aliphatic carbocycles. The molecule has 7 heteroatoms. The highest BCUT2D eigenvalue weighted by Crippen LogP contribution is 2.27. The fraction of sp³-hybridized carbons (Fsp3) is 0.154. The third-order valence-electron chi connectivity index (χ3n) is 2.56. The number of hydrogen-bond acceptors (Lipinski definition) is 6. The van der Waals surface area contributed by atoms with E-state index in [0.717, 1.165) is 26.6 Å². The summed E-state index contributed by atoms with van der Waals surface area (Å²) in [4.78, 5) is 4.55. The summed E-state index contributed by atoms with van der Waals surface area (Å²) < 4.78 is 2.96. The van der Waals surface area contributed by atoms with Gasteiger partial charge in [-0.2, -0.15) is 0 Å². The van der Waals surface area contributed by atoms with Crippen LogP contribution in [0.1, 0.15) is 5.69 Å². The molecule has 0 saturated carbocycles. The highest BCUT2D eigenvalue weighted by Gasteiger charge is 2.06. The Bertz CT molecular complexity index is 685. The van der Waals surface area contributed by atoms with Crippen LogP contribution in [0.3, 0.4) is 0 Å². The molecular weight excluding hydrogens is 290 g/mol. The van der Waals surface area contributed by atoms with Gasteiger partial charge in [0, 0.05) is 24.7 Å². The molecule has 0 atom stereocenters. The zero-order chi connectivity index (χ0) is 13.8. The van der Waals surface area contributed by atoms with Gasteiger partial charge in [-0.15, -0.1) is 16.8 Å².